The Bertz CT molecular complexity index is 498. The highest BCUT2D eigenvalue weighted by atomic mass is 35.5. The van der Waals surface area contributed by atoms with Crippen LogP contribution >= 0.6 is 23.4 Å². The maximum absolute atomic E-state index is 5.99. The van der Waals surface area contributed by atoms with Crippen LogP contribution in [0.25, 0.3) is 0 Å². The average molecular weight is 355 g/mol. The zero-order valence-electron chi connectivity index (χ0n) is 14.2. The van der Waals surface area contributed by atoms with Gasteiger partial charge < -0.3 is 15.5 Å². The maximum atomic E-state index is 5.99. The lowest BCUT2D eigenvalue weighted by atomic mass is 10.1. The lowest BCUT2D eigenvalue weighted by molar-refractivity contribution is 0.298. The van der Waals surface area contributed by atoms with Gasteiger partial charge in [0.15, 0.2) is 5.96 Å². The molecule has 0 amide bonds. The predicted octanol–water partition coefficient (Wildman–Crippen LogP) is 3.00. The molecule has 1 aromatic carbocycles. The fourth-order valence-corrected chi connectivity index (χ4v) is 4.04. The van der Waals surface area contributed by atoms with Crippen molar-refractivity contribution in [3.63, 3.8) is 0 Å². The second-order valence-electron chi connectivity index (χ2n) is 6.00. The molecule has 1 aliphatic rings. The van der Waals surface area contributed by atoms with Gasteiger partial charge >= 0.3 is 0 Å². The molecular formula is C17H27ClN4S. The molecule has 0 bridgehead atoms. The minimum absolute atomic E-state index is 0.270. The number of aliphatic imine (C=N–C) groups is 1. The predicted molar refractivity (Wildman–Crippen MR) is 103 cm³/mol. The number of guanidine groups is 1. The smallest absolute Gasteiger partial charge is 0.191 e. The van der Waals surface area contributed by atoms with Gasteiger partial charge in [0.05, 0.1) is 6.04 Å². The normalized spacial score (nSPS) is 19.9. The van der Waals surface area contributed by atoms with Crippen LogP contribution in [0.2, 0.25) is 5.02 Å². The van der Waals surface area contributed by atoms with Crippen LogP contribution in [0.5, 0.6) is 0 Å². The third-order valence-electron chi connectivity index (χ3n) is 4.09. The molecule has 128 valence electrons. The van der Waals surface area contributed by atoms with Gasteiger partial charge in [0.2, 0.25) is 0 Å². The number of benzene rings is 1. The van der Waals surface area contributed by atoms with Gasteiger partial charge in [-0.15, -0.1) is 0 Å². The van der Waals surface area contributed by atoms with Crippen LogP contribution in [0.15, 0.2) is 29.3 Å². The largest absolute Gasteiger partial charge is 0.355 e. The molecule has 1 saturated heterocycles. The van der Waals surface area contributed by atoms with Crippen molar-refractivity contribution in [2.24, 2.45) is 4.99 Å². The van der Waals surface area contributed by atoms with E-state index in [1.807, 2.05) is 19.2 Å². The number of rotatable bonds is 6. The third kappa shape index (κ3) is 5.90. The Kier molecular flexibility index (Phi) is 7.53. The lowest BCUT2D eigenvalue weighted by Crippen LogP contribution is -2.43. The van der Waals surface area contributed by atoms with Gasteiger partial charge in [-0.25, -0.2) is 0 Å². The zero-order chi connectivity index (χ0) is 16.7. The SMILES string of the molecule is CN=C(NCC1CCCS1)NCC(c1ccc(Cl)cc1)N(C)C. The summed E-state index contributed by atoms with van der Waals surface area (Å²) in [5, 5.41) is 8.37. The van der Waals surface area contributed by atoms with Crippen molar-refractivity contribution in [2.75, 3.05) is 40.0 Å². The summed E-state index contributed by atoms with van der Waals surface area (Å²) in [5.41, 5.74) is 1.24. The average Bonchev–Trinajstić information content (AvgIpc) is 3.05. The number of halogens is 1. The van der Waals surface area contributed by atoms with Crippen LogP contribution in [-0.4, -0.2) is 56.1 Å². The molecule has 2 N–H and O–H groups in total. The Labute approximate surface area is 149 Å². The molecule has 2 rings (SSSR count). The van der Waals surface area contributed by atoms with Gasteiger partial charge in [0, 0.05) is 30.4 Å². The molecule has 2 unspecified atom stereocenters. The topological polar surface area (TPSA) is 39.7 Å². The fraction of sp³-hybridized carbons (Fsp3) is 0.588. The molecule has 0 spiro atoms. The van der Waals surface area contributed by atoms with Crippen LogP contribution in [0, 0.1) is 0 Å². The van der Waals surface area contributed by atoms with E-state index in [-0.39, 0.29) is 6.04 Å². The summed E-state index contributed by atoms with van der Waals surface area (Å²) in [6.07, 6.45) is 2.64. The number of likely N-dealkylation sites (N-methyl/N-ethyl adjacent to an activating group) is 1. The first kappa shape index (κ1) is 18.4. The first-order chi connectivity index (χ1) is 11.1. The minimum atomic E-state index is 0.270. The summed E-state index contributed by atoms with van der Waals surface area (Å²) in [5.74, 6) is 2.16. The molecule has 4 nitrogen and oxygen atoms in total. The maximum Gasteiger partial charge on any atom is 0.191 e. The minimum Gasteiger partial charge on any atom is -0.355 e. The molecule has 1 aromatic rings. The van der Waals surface area contributed by atoms with Crippen molar-refractivity contribution in [3.05, 3.63) is 34.9 Å². The first-order valence-corrected chi connectivity index (χ1v) is 9.51. The monoisotopic (exact) mass is 354 g/mol. The van der Waals surface area contributed by atoms with E-state index >= 15 is 0 Å². The number of nitrogens with one attached hydrogen (secondary N) is 2. The summed E-state index contributed by atoms with van der Waals surface area (Å²) in [7, 11) is 6.00. The summed E-state index contributed by atoms with van der Waals surface area (Å²) in [6.45, 7) is 1.78. The van der Waals surface area contributed by atoms with Crippen LogP contribution in [-0.2, 0) is 0 Å². The summed E-state index contributed by atoms with van der Waals surface area (Å²) in [6, 6.07) is 8.32. The van der Waals surface area contributed by atoms with E-state index in [1.54, 1.807) is 0 Å². The number of thioether (sulfide) groups is 1. The van der Waals surface area contributed by atoms with Gasteiger partial charge in [0.25, 0.3) is 0 Å². The van der Waals surface area contributed by atoms with E-state index in [0.717, 1.165) is 29.3 Å². The Balaban J connectivity index is 1.87. The van der Waals surface area contributed by atoms with Crippen molar-refractivity contribution >= 4 is 29.3 Å². The number of hydrogen-bond acceptors (Lipinski definition) is 3. The Morgan fingerprint density at radius 3 is 2.65 bits per heavy atom. The van der Waals surface area contributed by atoms with Crippen molar-refractivity contribution in [3.8, 4) is 0 Å². The van der Waals surface area contributed by atoms with Crippen LogP contribution in [0.4, 0.5) is 0 Å². The molecule has 1 heterocycles. The molecule has 2 atom stereocenters. The Morgan fingerprint density at radius 2 is 2.09 bits per heavy atom. The van der Waals surface area contributed by atoms with Gasteiger partial charge in [-0.3, -0.25) is 4.99 Å². The van der Waals surface area contributed by atoms with E-state index in [0.29, 0.717) is 0 Å². The molecule has 1 aliphatic heterocycles. The first-order valence-electron chi connectivity index (χ1n) is 8.08. The molecule has 0 saturated carbocycles. The second-order valence-corrected chi connectivity index (χ2v) is 7.84. The Morgan fingerprint density at radius 1 is 1.35 bits per heavy atom. The van der Waals surface area contributed by atoms with E-state index in [1.165, 1.54) is 24.2 Å². The number of hydrogen-bond donors (Lipinski definition) is 2. The summed E-state index contributed by atoms with van der Waals surface area (Å²) in [4.78, 5) is 6.54. The van der Waals surface area contributed by atoms with Crippen LogP contribution in [0.3, 0.4) is 0 Å². The van der Waals surface area contributed by atoms with Crippen molar-refractivity contribution in [2.45, 2.75) is 24.1 Å². The van der Waals surface area contributed by atoms with E-state index < -0.39 is 0 Å². The second kappa shape index (κ2) is 9.40. The van der Waals surface area contributed by atoms with Crippen LogP contribution in [0.1, 0.15) is 24.4 Å². The van der Waals surface area contributed by atoms with Gasteiger partial charge in [-0.2, -0.15) is 11.8 Å². The van der Waals surface area contributed by atoms with Crippen molar-refractivity contribution in [1.29, 1.82) is 0 Å². The molecule has 0 aromatic heterocycles. The zero-order valence-corrected chi connectivity index (χ0v) is 15.8. The molecule has 6 heteroatoms. The highest BCUT2D eigenvalue weighted by Crippen LogP contribution is 2.25. The van der Waals surface area contributed by atoms with Gasteiger partial charge in [-0.1, -0.05) is 23.7 Å². The quantitative estimate of drug-likeness (QED) is 0.608. The van der Waals surface area contributed by atoms with E-state index in [4.69, 9.17) is 11.6 Å². The standard InChI is InChI=1S/C17H27ClN4S/c1-19-17(20-11-15-5-4-10-23-15)21-12-16(22(2)3)13-6-8-14(18)9-7-13/h6-9,15-16H,4-5,10-12H2,1-3H3,(H2,19,20,21). The van der Waals surface area contributed by atoms with Crippen molar-refractivity contribution < 1.29 is 0 Å². The number of nitrogens with zero attached hydrogens (tertiary/aromatic N) is 2. The van der Waals surface area contributed by atoms with Gasteiger partial charge in [-0.05, 0) is 50.4 Å². The van der Waals surface area contributed by atoms with E-state index in [9.17, 15) is 0 Å². The Hall–Kier alpha value is -0.910. The molecular weight excluding hydrogens is 328 g/mol. The third-order valence-corrected chi connectivity index (χ3v) is 5.74. The fourth-order valence-electron chi connectivity index (χ4n) is 2.71. The van der Waals surface area contributed by atoms with Crippen molar-refractivity contribution in [1.82, 2.24) is 15.5 Å². The summed E-state index contributed by atoms with van der Waals surface area (Å²) >= 11 is 8.05. The highest BCUT2D eigenvalue weighted by molar-refractivity contribution is 8.00. The van der Waals surface area contributed by atoms with Gasteiger partial charge in [0.1, 0.15) is 0 Å². The van der Waals surface area contributed by atoms with Crippen LogP contribution < -0.4 is 10.6 Å². The van der Waals surface area contributed by atoms with E-state index in [2.05, 4.69) is 58.5 Å². The molecule has 0 aliphatic carbocycles. The molecule has 1 fully saturated rings. The molecule has 0 radical (unpaired) electrons. The lowest BCUT2D eigenvalue weighted by Gasteiger charge is -2.26. The highest BCUT2D eigenvalue weighted by Gasteiger charge is 2.17. The molecule has 23 heavy (non-hydrogen) atoms. The summed E-state index contributed by atoms with van der Waals surface area (Å²) < 4.78 is 0.